The lowest BCUT2D eigenvalue weighted by Gasteiger charge is -2.13. The number of rotatable bonds is 6. The van der Waals surface area contributed by atoms with E-state index < -0.39 is 22.9 Å². The summed E-state index contributed by atoms with van der Waals surface area (Å²) >= 11 is 7.04. The van der Waals surface area contributed by atoms with Gasteiger partial charge >= 0.3 is 0 Å². The Morgan fingerprint density at radius 3 is 2.62 bits per heavy atom. The Bertz CT molecular complexity index is 1600. The van der Waals surface area contributed by atoms with Crippen LogP contribution in [0.2, 0.25) is 5.02 Å². The fourth-order valence-corrected chi connectivity index (χ4v) is 5.23. The zero-order valence-corrected chi connectivity index (χ0v) is 21.3. The molecule has 1 aromatic heterocycles. The average Bonchev–Trinajstić information content (AvgIpc) is 3.34. The first-order valence-corrected chi connectivity index (χ1v) is 12.6. The van der Waals surface area contributed by atoms with Gasteiger partial charge in [-0.25, -0.2) is 4.39 Å². The summed E-state index contributed by atoms with van der Waals surface area (Å²) in [6, 6.07) is 19.2. The van der Waals surface area contributed by atoms with Crippen molar-refractivity contribution in [2.75, 3.05) is 11.9 Å². The van der Waals surface area contributed by atoms with E-state index in [1.807, 2.05) is 54.1 Å². The first-order valence-electron chi connectivity index (χ1n) is 11.4. The van der Waals surface area contributed by atoms with Crippen molar-refractivity contribution in [2.24, 2.45) is 0 Å². The van der Waals surface area contributed by atoms with Gasteiger partial charge in [-0.3, -0.25) is 19.3 Å². The highest BCUT2D eigenvalue weighted by Gasteiger charge is 2.36. The maximum atomic E-state index is 13.5. The smallest absolute Gasteiger partial charge is 0.294 e. The maximum Gasteiger partial charge on any atom is 0.294 e. The summed E-state index contributed by atoms with van der Waals surface area (Å²) < 4.78 is 15.4. The minimum atomic E-state index is -0.520. The van der Waals surface area contributed by atoms with Crippen LogP contribution in [0.1, 0.15) is 16.7 Å². The molecule has 3 amide bonds. The van der Waals surface area contributed by atoms with Gasteiger partial charge in [0, 0.05) is 39.9 Å². The first kappa shape index (κ1) is 24.8. The molecule has 1 aliphatic heterocycles. The molecule has 0 radical (unpaired) electrons. The van der Waals surface area contributed by atoms with Gasteiger partial charge in [0.25, 0.3) is 11.1 Å². The number of imide groups is 1. The van der Waals surface area contributed by atoms with Crippen LogP contribution >= 0.6 is 23.4 Å². The molecule has 37 heavy (non-hydrogen) atoms. The van der Waals surface area contributed by atoms with Crippen LogP contribution < -0.4 is 5.32 Å². The number of benzene rings is 3. The molecule has 1 fully saturated rings. The van der Waals surface area contributed by atoms with Crippen molar-refractivity contribution < 1.29 is 18.8 Å². The van der Waals surface area contributed by atoms with Crippen molar-refractivity contribution in [1.82, 2.24) is 9.47 Å². The van der Waals surface area contributed by atoms with Crippen LogP contribution in [0.25, 0.3) is 17.0 Å². The lowest BCUT2D eigenvalue weighted by molar-refractivity contribution is -0.127. The molecule has 6 nitrogen and oxygen atoms in total. The Labute approximate surface area is 221 Å². The van der Waals surface area contributed by atoms with Crippen molar-refractivity contribution in [3.63, 3.8) is 0 Å². The van der Waals surface area contributed by atoms with Crippen LogP contribution in [0, 0.1) is 12.7 Å². The number of hydrogen-bond donors (Lipinski definition) is 1. The summed E-state index contributed by atoms with van der Waals surface area (Å²) in [7, 11) is 0. The minimum absolute atomic E-state index is 0.233. The number of carbonyl (C=O) groups excluding carboxylic acids is 3. The third-order valence-corrected chi connectivity index (χ3v) is 7.32. The van der Waals surface area contributed by atoms with Crippen molar-refractivity contribution in [2.45, 2.75) is 13.5 Å². The average molecular weight is 534 g/mol. The molecule has 1 N–H and O–H groups in total. The number of nitrogens with one attached hydrogen (secondary N) is 1. The van der Waals surface area contributed by atoms with Crippen LogP contribution in [-0.4, -0.2) is 33.1 Å². The zero-order valence-electron chi connectivity index (χ0n) is 19.7. The van der Waals surface area contributed by atoms with Crippen LogP contribution in [0.3, 0.4) is 0 Å². The summed E-state index contributed by atoms with van der Waals surface area (Å²) in [5.41, 5.74) is 3.89. The minimum Gasteiger partial charge on any atom is -0.342 e. The van der Waals surface area contributed by atoms with E-state index >= 15 is 0 Å². The maximum absolute atomic E-state index is 13.5. The predicted octanol–water partition coefficient (Wildman–Crippen LogP) is 6.47. The van der Waals surface area contributed by atoms with Crippen molar-refractivity contribution in [1.29, 1.82) is 0 Å². The Kier molecular flexibility index (Phi) is 6.86. The van der Waals surface area contributed by atoms with Gasteiger partial charge in [0.1, 0.15) is 12.4 Å². The van der Waals surface area contributed by atoms with Gasteiger partial charge in [0.05, 0.1) is 4.91 Å². The van der Waals surface area contributed by atoms with Crippen molar-refractivity contribution >= 4 is 63.1 Å². The second-order valence-corrected chi connectivity index (χ2v) is 10.00. The number of amides is 3. The van der Waals surface area contributed by atoms with E-state index in [0.717, 1.165) is 44.3 Å². The number of nitrogens with zero attached hydrogens (tertiary/aromatic N) is 2. The second-order valence-electron chi connectivity index (χ2n) is 8.60. The third kappa shape index (κ3) is 5.16. The SMILES string of the molecule is Cc1ccccc1NC(=O)CN1C(=O)S/C(=C\c2cn(Cc3ccc(F)cc3Cl)c3ccccc23)C1=O. The van der Waals surface area contributed by atoms with Crippen LogP contribution in [-0.2, 0) is 16.1 Å². The Morgan fingerprint density at radius 2 is 1.84 bits per heavy atom. The van der Waals surface area contributed by atoms with E-state index in [1.54, 1.807) is 24.3 Å². The summed E-state index contributed by atoms with van der Waals surface area (Å²) in [5.74, 6) is -1.38. The molecule has 0 saturated carbocycles. The van der Waals surface area contributed by atoms with Crippen LogP contribution in [0.15, 0.2) is 77.8 Å². The molecule has 9 heteroatoms. The predicted molar refractivity (Wildman–Crippen MR) is 145 cm³/mol. The van der Waals surface area contributed by atoms with Crippen LogP contribution in [0.5, 0.6) is 0 Å². The first-order chi connectivity index (χ1) is 17.8. The molecule has 1 aliphatic rings. The van der Waals surface area contributed by atoms with E-state index in [2.05, 4.69) is 5.32 Å². The molecule has 186 valence electrons. The lowest BCUT2D eigenvalue weighted by Crippen LogP contribution is -2.36. The number of fused-ring (bicyclic) bond motifs is 1. The molecule has 5 rings (SSSR count). The number of carbonyl (C=O) groups is 3. The van der Waals surface area contributed by atoms with E-state index in [0.29, 0.717) is 17.3 Å². The topological polar surface area (TPSA) is 71.4 Å². The molecule has 0 unspecified atom stereocenters. The second kappa shape index (κ2) is 10.2. The third-order valence-electron chi connectivity index (χ3n) is 6.06. The molecular formula is C28H21ClFN3O3S. The van der Waals surface area contributed by atoms with Gasteiger partial charge in [-0.15, -0.1) is 0 Å². The van der Waals surface area contributed by atoms with E-state index in [4.69, 9.17) is 11.6 Å². The van der Waals surface area contributed by atoms with Gasteiger partial charge in [-0.2, -0.15) is 0 Å². The monoisotopic (exact) mass is 533 g/mol. The Balaban J connectivity index is 1.39. The fraction of sp³-hybridized carbons (Fsp3) is 0.107. The summed E-state index contributed by atoms with van der Waals surface area (Å²) in [6.45, 7) is 1.88. The Hall–Kier alpha value is -3.88. The number of hydrogen-bond acceptors (Lipinski definition) is 4. The normalized spacial score (nSPS) is 14.7. The van der Waals surface area contributed by atoms with Gasteiger partial charge < -0.3 is 9.88 Å². The van der Waals surface area contributed by atoms with Crippen molar-refractivity contribution in [3.8, 4) is 0 Å². The highest BCUT2D eigenvalue weighted by molar-refractivity contribution is 8.18. The number of aryl methyl sites for hydroxylation is 1. The summed E-state index contributed by atoms with van der Waals surface area (Å²) in [4.78, 5) is 39.4. The van der Waals surface area contributed by atoms with Crippen molar-refractivity contribution in [3.05, 3.63) is 105 Å². The highest BCUT2D eigenvalue weighted by Crippen LogP contribution is 2.34. The summed E-state index contributed by atoms with van der Waals surface area (Å²) in [5, 5.41) is 3.45. The molecule has 0 aliphatic carbocycles. The Morgan fingerprint density at radius 1 is 1.08 bits per heavy atom. The standard InChI is InChI=1S/C28H21ClFN3O3S/c1-17-6-2-4-8-23(17)31-26(34)16-33-27(35)25(37-28(33)36)12-19-15-32(24-9-5-3-7-21(19)24)14-18-10-11-20(30)13-22(18)29/h2-13,15H,14,16H2,1H3,(H,31,34)/b25-12-. The molecule has 1 saturated heterocycles. The molecule has 0 atom stereocenters. The van der Waals surface area contributed by atoms with Gasteiger partial charge in [0.2, 0.25) is 5.91 Å². The van der Waals surface area contributed by atoms with E-state index in [1.165, 1.54) is 12.1 Å². The van der Waals surface area contributed by atoms with Gasteiger partial charge in [-0.1, -0.05) is 54.1 Å². The zero-order chi connectivity index (χ0) is 26.1. The molecule has 0 spiro atoms. The number of halogens is 2. The number of thioether (sulfide) groups is 1. The van der Waals surface area contributed by atoms with Gasteiger partial charge in [0.15, 0.2) is 0 Å². The quantitative estimate of drug-likeness (QED) is 0.288. The largest absolute Gasteiger partial charge is 0.342 e. The fourth-order valence-electron chi connectivity index (χ4n) is 4.18. The summed E-state index contributed by atoms with van der Waals surface area (Å²) in [6.07, 6.45) is 3.53. The van der Waals surface area contributed by atoms with E-state index in [-0.39, 0.29) is 11.4 Å². The molecule has 2 heterocycles. The lowest BCUT2D eigenvalue weighted by atomic mass is 10.1. The molecule has 0 bridgehead atoms. The number of aromatic nitrogens is 1. The van der Waals surface area contributed by atoms with E-state index in [9.17, 15) is 18.8 Å². The molecular weight excluding hydrogens is 513 g/mol. The number of para-hydroxylation sites is 2. The number of anilines is 1. The molecule has 4 aromatic rings. The van der Waals surface area contributed by atoms with Gasteiger partial charge in [-0.05, 0) is 60.2 Å². The highest BCUT2D eigenvalue weighted by atomic mass is 35.5. The molecule has 3 aromatic carbocycles. The van der Waals surface area contributed by atoms with Crippen LogP contribution in [0.4, 0.5) is 14.9 Å².